The Morgan fingerprint density at radius 3 is 1.96 bits per heavy atom. The van der Waals surface area contributed by atoms with Gasteiger partial charge < -0.3 is 20.8 Å². The molecule has 2 amide bonds. The number of amides is 2. The number of nitrogens with one attached hydrogen (secondary N) is 2. The standard InChI is InChI=1S/C15H16N2O3.C6H7N/c1-10-2-4-11(5-3-10)9-16-15(20)17-12-6-13(18)8-14(19)7-12;1-6-2-4-7-5-3-6/h2-8,18-19H,9H2,1H3,(H2,16,17,20);2-5H,1H3. The molecule has 27 heavy (non-hydrogen) atoms. The van der Waals surface area contributed by atoms with Crippen molar-refractivity contribution in [1.29, 1.82) is 0 Å². The number of urea groups is 1. The normalized spacial score (nSPS) is 9.70. The lowest BCUT2D eigenvalue weighted by molar-refractivity contribution is 0.251. The van der Waals surface area contributed by atoms with Crippen LogP contribution in [0.15, 0.2) is 67.0 Å². The monoisotopic (exact) mass is 365 g/mol. The summed E-state index contributed by atoms with van der Waals surface area (Å²) in [5.74, 6) is -0.224. The van der Waals surface area contributed by atoms with Gasteiger partial charge in [0.1, 0.15) is 11.5 Å². The number of benzene rings is 2. The van der Waals surface area contributed by atoms with E-state index in [4.69, 9.17) is 0 Å². The van der Waals surface area contributed by atoms with Gasteiger partial charge in [0.25, 0.3) is 0 Å². The van der Waals surface area contributed by atoms with Crippen molar-refractivity contribution in [3.05, 3.63) is 83.7 Å². The summed E-state index contributed by atoms with van der Waals surface area (Å²) in [7, 11) is 0. The minimum Gasteiger partial charge on any atom is -0.508 e. The average Bonchev–Trinajstić information content (AvgIpc) is 2.61. The van der Waals surface area contributed by atoms with Crippen molar-refractivity contribution in [2.24, 2.45) is 0 Å². The summed E-state index contributed by atoms with van der Waals surface area (Å²) >= 11 is 0. The molecule has 0 spiro atoms. The first-order valence-electron chi connectivity index (χ1n) is 8.42. The second-order valence-electron chi connectivity index (χ2n) is 6.06. The molecule has 0 atom stereocenters. The minimum absolute atomic E-state index is 0.112. The zero-order chi connectivity index (χ0) is 19.6. The summed E-state index contributed by atoms with van der Waals surface area (Å²) in [6, 6.07) is 15.3. The van der Waals surface area contributed by atoms with Crippen LogP contribution in [0.3, 0.4) is 0 Å². The van der Waals surface area contributed by atoms with Crippen LogP contribution >= 0.6 is 0 Å². The Morgan fingerprint density at radius 2 is 1.44 bits per heavy atom. The Bertz CT molecular complexity index is 845. The largest absolute Gasteiger partial charge is 0.508 e. The molecular formula is C21H23N3O3. The first-order valence-corrected chi connectivity index (χ1v) is 8.42. The van der Waals surface area contributed by atoms with Crippen LogP contribution in [0.1, 0.15) is 16.7 Å². The van der Waals surface area contributed by atoms with Crippen LogP contribution < -0.4 is 10.6 Å². The quantitative estimate of drug-likeness (QED) is 0.562. The number of phenolic OH excluding ortho intramolecular Hbond substituents is 2. The number of carbonyl (C=O) groups is 1. The van der Waals surface area contributed by atoms with E-state index in [-0.39, 0.29) is 11.5 Å². The van der Waals surface area contributed by atoms with Gasteiger partial charge in [-0.15, -0.1) is 0 Å². The zero-order valence-corrected chi connectivity index (χ0v) is 15.3. The maximum absolute atomic E-state index is 11.7. The summed E-state index contributed by atoms with van der Waals surface area (Å²) < 4.78 is 0. The fraction of sp³-hybridized carbons (Fsp3) is 0.143. The molecule has 3 aromatic rings. The van der Waals surface area contributed by atoms with Crippen molar-refractivity contribution in [3.8, 4) is 11.5 Å². The summed E-state index contributed by atoms with van der Waals surface area (Å²) in [4.78, 5) is 15.5. The predicted molar refractivity (Wildman–Crippen MR) is 106 cm³/mol. The summed E-state index contributed by atoms with van der Waals surface area (Å²) in [5, 5.41) is 23.8. The lowest BCUT2D eigenvalue weighted by Gasteiger charge is -2.08. The Morgan fingerprint density at radius 1 is 0.889 bits per heavy atom. The predicted octanol–water partition coefficient (Wildman–Crippen LogP) is 4.12. The van der Waals surface area contributed by atoms with Gasteiger partial charge in [-0.05, 0) is 37.1 Å². The highest BCUT2D eigenvalue weighted by Crippen LogP contribution is 2.23. The van der Waals surface area contributed by atoms with Gasteiger partial charge in [-0.1, -0.05) is 29.8 Å². The number of hydrogen-bond acceptors (Lipinski definition) is 4. The van der Waals surface area contributed by atoms with Crippen LogP contribution in [-0.4, -0.2) is 21.2 Å². The number of carbonyl (C=O) groups excluding carboxylic acids is 1. The van der Waals surface area contributed by atoms with E-state index in [1.165, 1.54) is 23.8 Å². The fourth-order valence-corrected chi connectivity index (χ4v) is 2.16. The molecule has 1 heterocycles. The number of aryl methyl sites for hydroxylation is 2. The van der Waals surface area contributed by atoms with E-state index in [2.05, 4.69) is 15.6 Å². The molecule has 3 rings (SSSR count). The van der Waals surface area contributed by atoms with E-state index in [0.717, 1.165) is 11.1 Å². The highest BCUT2D eigenvalue weighted by Gasteiger charge is 2.04. The lowest BCUT2D eigenvalue weighted by Crippen LogP contribution is -2.28. The van der Waals surface area contributed by atoms with E-state index in [0.29, 0.717) is 12.2 Å². The number of aromatic nitrogens is 1. The van der Waals surface area contributed by atoms with E-state index >= 15 is 0 Å². The van der Waals surface area contributed by atoms with Gasteiger partial charge >= 0.3 is 6.03 Å². The van der Waals surface area contributed by atoms with E-state index in [1.807, 2.05) is 50.2 Å². The number of rotatable bonds is 3. The molecule has 0 bridgehead atoms. The molecule has 0 unspecified atom stereocenters. The molecule has 0 aliphatic rings. The van der Waals surface area contributed by atoms with Gasteiger partial charge in [0.05, 0.1) is 0 Å². The topological polar surface area (TPSA) is 94.5 Å². The van der Waals surface area contributed by atoms with Gasteiger partial charge in [-0.2, -0.15) is 0 Å². The molecular weight excluding hydrogens is 342 g/mol. The van der Waals surface area contributed by atoms with E-state index < -0.39 is 6.03 Å². The number of anilines is 1. The fourth-order valence-electron chi connectivity index (χ4n) is 2.16. The summed E-state index contributed by atoms with van der Waals surface area (Å²) in [5.41, 5.74) is 3.73. The van der Waals surface area contributed by atoms with Crippen LogP contribution in [-0.2, 0) is 6.54 Å². The first kappa shape index (κ1) is 19.8. The Kier molecular flexibility index (Phi) is 7.19. The number of aromatic hydroxyl groups is 2. The van der Waals surface area contributed by atoms with Crippen molar-refractivity contribution < 1.29 is 15.0 Å². The maximum atomic E-state index is 11.7. The van der Waals surface area contributed by atoms with Gasteiger partial charge in [-0.25, -0.2) is 4.79 Å². The average molecular weight is 365 g/mol. The molecule has 0 saturated heterocycles. The van der Waals surface area contributed by atoms with Gasteiger partial charge in [-0.3, -0.25) is 4.98 Å². The van der Waals surface area contributed by atoms with Crippen LogP contribution in [0, 0.1) is 13.8 Å². The lowest BCUT2D eigenvalue weighted by atomic mass is 10.1. The van der Waals surface area contributed by atoms with E-state index in [1.54, 1.807) is 12.4 Å². The first-order chi connectivity index (χ1) is 12.9. The SMILES string of the molecule is Cc1ccc(CNC(=O)Nc2cc(O)cc(O)c2)cc1.Cc1ccncc1. The third kappa shape index (κ3) is 7.48. The molecule has 1 aromatic heterocycles. The number of hydrogen-bond donors (Lipinski definition) is 4. The number of phenols is 2. The Balaban J connectivity index is 0.000000313. The van der Waals surface area contributed by atoms with Crippen LogP contribution in [0.2, 0.25) is 0 Å². The maximum Gasteiger partial charge on any atom is 0.319 e. The minimum atomic E-state index is -0.407. The van der Waals surface area contributed by atoms with Crippen molar-refractivity contribution in [3.63, 3.8) is 0 Å². The molecule has 140 valence electrons. The summed E-state index contributed by atoms with van der Waals surface area (Å²) in [6.45, 7) is 4.44. The highest BCUT2D eigenvalue weighted by atomic mass is 16.3. The van der Waals surface area contributed by atoms with Gasteiger partial charge in [0.15, 0.2) is 0 Å². The van der Waals surface area contributed by atoms with Crippen molar-refractivity contribution in [2.75, 3.05) is 5.32 Å². The molecule has 0 fully saturated rings. The van der Waals surface area contributed by atoms with Crippen molar-refractivity contribution >= 4 is 11.7 Å². The zero-order valence-electron chi connectivity index (χ0n) is 15.3. The smallest absolute Gasteiger partial charge is 0.319 e. The molecule has 0 aliphatic carbocycles. The van der Waals surface area contributed by atoms with Crippen LogP contribution in [0.4, 0.5) is 10.5 Å². The second-order valence-corrected chi connectivity index (χ2v) is 6.06. The van der Waals surface area contributed by atoms with Gasteiger partial charge in [0, 0.05) is 42.8 Å². The van der Waals surface area contributed by atoms with Crippen LogP contribution in [0.25, 0.3) is 0 Å². The third-order valence-corrected chi connectivity index (χ3v) is 3.58. The molecule has 0 aliphatic heterocycles. The molecule has 6 nitrogen and oxygen atoms in total. The molecule has 4 N–H and O–H groups in total. The van der Waals surface area contributed by atoms with Crippen molar-refractivity contribution in [2.45, 2.75) is 20.4 Å². The van der Waals surface area contributed by atoms with Crippen molar-refractivity contribution in [1.82, 2.24) is 10.3 Å². The Labute approximate surface area is 158 Å². The highest BCUT2D eigenvalue weighted by molar-refractivity contribution is 5.89. The molecule has 0 saturated carbocycles. The van der Waals surface area contributed by atoms with E-state index in [9.17, 15) is 15.0 Å². The Hall–Kier alpha value is -3.54. The van der Waals surface area contributed by atoms with Crippen LogP contribution in [0.5, 0.6) is 11.5 Å². The molecule has 6 heteroatoms. The summed E-state index contributed by atoms with van der Waals surface area (Å²) in [6.07, 6.45) is 3.57. The molecule has 0 radical (unpaired) electrons. The third-order valence-electron chi connectivity index (χ3n) is 3.58. The second kappa shape index (κ2) is 9.82. The molecule has 2 aromatic carbocycles. The number of nitrogens with zero attached hydrogens (tertiary/aromatic N) is 1. The number of pyridine rings is 1. The van der Waals surface area contributed by atoms with Gasteiger partial charge in [0.2, 0.25) is 0 Å².